The molecule has 3 rings (SSSR count). The molecule has 0 amide bonds. The molecule has 1 fully saturated rings. The molecular weight excluding hydrogens is 266 g/mol. The van der Waals surface area contributed by atoms with E-state index in [-0.39, 0.29) is 0 Å². The third-order valence-electron chi connectivity index (χ3n) is 3.52. The van der Waals surface area contributed by atoms with Crippen LogP contribution in [0, 0.1) is 4.77 Å². The fraction of sp³-hybridized carbons (Fsp3) is 0.385. The van der Waals surface area contributed by atoms with Crippen molar-refractivity contribution in [2.45, 2.75) is 31.7 Å². The molecule has 1 aromatic carbocycles. The lowest BCUT2D eigenvalue weighted by Gasteiger charge is -2.03. The number of halogens is 1. The average molecular weight is 280 g/mol. The predicted molar refractivity (Wildman–Crippen MR) is 74.6 cm³/mol. The van der Waals surface area contributed by atoms with Crippen molar-refractivity contribution in [3.05, 3.63) is 45.4 Å². The van der Waals surface area contributed by atoms with Crippen molar-refractivity contribution in [1.29, 1.82) is 0 Å². The van der Waals surface area contributed by atoms with Gasteiger partial charge in [0.2, 0.25) is 0 Å². The van der Waals surface area contributed by atoms with Crippen molar-refractivity contribution in [3.8, 4) is 0 Å². The van der Waals surface area contributed by atoms with E-state index in [2.05, 4.69) is 33.8 Å². The van der Waals surface area contributed by atoms with Gasteiger partial charge in [-0.05, 0) is 49.2 Å². The molecule has 5 heteroatoms. The Kier molecular flexibility index (Phi) is 2.99. The Morgan fingerprint density at radius 3 is 2.78 bits per heavy atom. The van der Waals surface area contributed by atoms with Gasteiger partial charge in [-0.2, -0.15) is 5.10 Å². The number of H-pyrrole nitrogens is 1. The van der Waals surface area contributed by atoms with E-state index >= 15 is 0 Å². The molecular formula is C13H14ClN3S. The summed E-state index contributed by atoms with van der Waals surface area (Å²) in [5, 5.41) is 8.03. The summed E-state index contributed by atoms with van der Waals surface area (Å²) in [6.07, 6.45) is 1.14. The SMILES string of the molecule is CCn1c([C@@H]2C[C@@H]2c2ccc(Cl)cc2)n[nH]c1=S. The van der Waals surface area contributed by atoms with E-state index in [1.807, 2.05) is 12.1 Å². The van der Waals surface area contributed by atoms with Gasteiger partial charge in [-0.15, -0.1) is 0 Å². The topological polar surface area (TPSA) is 33.6 Å². The molecule has 0 saturated heterocycles. The maximum Gasteiger partial charge on any atom is 0.195 e. The first-order chi connectivity index (χ1) is 8.70. The second-order valence-corrected chi connectivity index (χ2v) is 5.45. The maximum atomic E-state index is 5.91. The van der Waals surface area contributed by atoms with Gasteiger partial charge in [0.15, 0.2) is 4.77 Å². The molecule has 0 aliphatic heterocycles. The van der Waals surface area contributed by atoms with Crippen LogP contribution in [0.5, 0.6) is 0 Å². The zero-order valence-corrected chi connectivity index (χ0v) is 11.6. The molecule has 1 heterocycles. The van der Waals surface area contributed by atoms with Crippen molar-refractivity contribution in [1.82, 2.24) is 14.8 Å². The number of benzene rings is 1. The number of rotatable bonds is 3. The first-order valence-corrected chi connectivity index (χ1v) is 6.90. The van der Waals surface area contributed by atoms with Crippen LogP contribution in [0.2, 0.25) is 5.02 Å². The van der Waals surface area contributed by atoms with Gasteiger partial charge in [0, 0.05) is 17.5 Å². The summed E-state index contributed by atoms with van der Waals surface area (Å²) in [5.74, 6) is 2.12. The van der Waals surface area contributed by atoms with E-state index in [1.54, 1.807) is 0 Å². The molecule has 94 valence electrons. The van der Waals surface area contributed by atoms with E-state index < -0.39 is 0 Å². The van der Waals surface area contributed by atoms with Crippen molar-refractivity contribution >= 4 is 23.8 Å². The van der Waals surface area contributed by atoms with Crippen molar-refractivity contribution in [2.24, 2.45) is 0 Å². The van der Waals surface area contributed by atoms with Gasteiger partial charge in [0.1, 0.15) is 5.82 Å². The van der Waals surface area contributed by atoms with E-state index in [0.29, 0.717) is 16.6 Å². The second-order valence-electron chi connectivity index (χ2n) is 4.63. The molecule has 0 radical (unpaired) electrons. The average Bonchev–Trinajstić information content (AvgIpc) is 3.07. The molecule has 0 bridgehead atoms. The van der Waals surface area contributed by atoms with Crippen molar-refractivity contribution in [3.63, 3.8) is 0 Å². The van der Waals surface area contributed by atoms with E-state index in [4.69, 9.17) is 23.8 Å². The summed E-state index contributed by atoms with van der Waals surface area (Å²) in [4.78, 5) is 0. The third kappa shape index (κ3) is 1.99. The minimum atomic E-state index is 0.485. The summed E-state index contributed by atoms with van der Waals surface area (Å²) in [6.45, 7) is 2.96. The van der Waals surface area contributed by atoms with Gasteiger partial charge in [-0.1, -0.05) is 23.7 Å². The molecule has 2 atom stereocenters. The van der Waals surface area contributed by atoms with E-state index in [0.717, 1.165) is 23.8 Å². The minimum absolute atomic E-state index is 0.485. The lowest BCUT2D eigenvalue weighted by atomic mass is 10.1. The zero-order valence-electron chi connectivity index (χ0n) is 10.1. The smallest absolute Gasteiger partial charge is 0.195 e. The van der Waals surface area contributed by atoms with Crippen LogP contribution in [0.4, 0.5) is 0 Å². The minimum Gasteiger partial charge on any atom is -0.304 e. The predicted octanol–water partition coefficient (Wildman–Crippen LogP) is 3.89. The molecule has 0 spiro atoms. The van der Waals surface area contributed by atoms with Gasteiger partial charge < -0.3 is 4.57 Å². The van der Waals surface area contributed by atoms with Crippen LogP contribution < -0.4 is 0 Å². The Labute approximate surface area is 116 Å². The van der Waals surface area contributed by atoms with Crippen LogP contribution in [0.25, 0.3) is 0 Å². The fourth-order valence-corrected chi connectivity index (χ4v) is 2.87. The van der Waals surface area contributed by atoms with Crippen LogP contribution in [0.1, 0.15) is 36.6 Å². The van der Waals surface area contributed by atoms with Crippen LogP contribution >= 0.6 is 23.8 Å². The van der Waals surface area contributed by atoms with Crippen LogP contribution in [-0.2, 0) is 6.54 Å². The van der Waals surface area contributed by atoms with Crippen LogP contribution in [0.15, 0.2) is 24.3 Å². The molecule has 2 aromatic rings. The number of hydrogen-bond donors (Lipinski definition) is 1. The molecule has 1 N–H and O–H groups in total. The number of nitrogens with zero attached hydrogens (tertiary/aromatic N) is 2. The van der Waals surface area contributed by atoms with Gasteiger partial charge in [-0.25, -0.2) is 0 Å². The zero-order chi connectivity index (χ0) is 12.7. The highest BCUT2D eigenvalue weighted by molar-refractivity contribution is 7.71. The Hall–Kier alpha value is -1.13. The Bertz CT molecular complexity index is 614. The van der Waals surface area contributed by atoms with E-state index in [9.17, 15) is 0 Å². The quantitative estimate of drug-likeness (QED) is 0.865. The Morgan fingerprint density at radius 1 is 1.39 bits per heavy atom. The molecule has 0 unspecified atom stereocenters. The van der Waals surface area contributed by atoms with Gasteiger partial charge in [0.25, 0.3) is 0 Å². The maximum absolute atomic E-state index is 5.91. The fourth-order valence-electron chi connectivity index (χ4n) is 2.48. The first-order valence-electron chi connectivity index (χ1n) is 6.11. The van der Waals surface area contributed by atoms with Gasteiger partial charge >= 0.3 is 0 Å². The van der Waals surface area contributed by atoms with Crippen LogP contribution in [0.3, 0.4) is 0 Å². The summed E-state index contributed by atoms with van der Waals surface area (Å²) in [7, 11) is 0. The molecule has 1 aliphatic carbocycles. The highest BCUT2D eigenvalue weighted by Gasteiger charge is 2.42. The normalized spacial score (nSPS) is 22.1. The Morgan fingerprint density at radius 2 is 2.11 bits per heavy atom. The number of aromatic nitrogens is 3. The number of hydrogen-bond acceptors (Lipinski definition) is 2. The number of aromatic amines is 1. The first kappa shape index (κ1) is 11.9. The van der Waals surface area contributed by atoms with Crippen LogP contribution in [-0.4, -0.2) is 14.8 Å². The van der Waals surface area contributed by atoms with Crippen molar-refractivity contribution in [2.75, 3.05) is 0 Å². The molecule has 1 aromatic heterocycles. The third-order valence-corrected chi connectivity index (χ3v) is 4.09. The summed E-state index contributed by atoms with van der Waals surface area (Å²) in [6, 6.07) is 8.10. The van der Waals surface area contributed by atoms with E-state index in [1.165, 1.54) is 5.56 Å². The lowest BCUT2D eigenvalue weighted by molar-refractivity contribution is 0.687. The second kappa shape index (κ2) is 4.52. The molecule has 3 nitrogen and oxygen atoms in total. The van der Waals surface area contributed by atoms with Crippen molar-refractivity contribution < 1.29 is 0 Å². The molecule has 1 aliphatic rings. The summed E-state index contributed by atoms with van der Waals surface area (Å²) < 4.78 is 2.80. The summed E-state index contributed by atoms with van der Waals surface area (Å²) >= 11 is 11.1. The van der Waals surface area contributed by atoms with Gasteiger partial charge in [-0.3, -0.25) is 5.10 Å². The van der Waals surface area contributed by atoms with Gasteiger partial charge in [0.05, 0.1) is 0 Å². The molecule has 1 saturated carbocycles. The standard InChI is InChI=1S/C13H14ClN3S/c1-2-17-12(15-16-13(17)18)11-7-10(11)8-3-5-9(14)6-4-8/h3-6,10-11H,2,7H2,1H3,(H,16,18)/t10-,11-/m1/s1. The molecule has 18 heavy (non-hydrogen) atoms. The largest absolute Gasteiger partial charge is 0.304 e. The Balaban J connectivity index is 1.85. The highest BCUT2D eigenvalue weighted by Crippen LogP contribution is 2.54. The monoisotopic (exact) mass is 279 g/mol. The number of nitrogens with one attached hydrogen (secondary N) is 1. The summed E-state index contributed by atoms with van der Waals surface area (Å²) in [5.41, 5.74) is 1.33. The highest BCUT2D eigenvalue weighted by atomic mass is 35.5. The lowest BCUT2D eigenvalue weighted by Crippen LogP contribution is -2.01.